The lowest BCUT2D eigenvalue weighted by atomic mass is 9.84. The maximum atomic E-state index is 14.4. The van der Waals surface area contributed by atoms with Gasteiger partial charge in [-0.1, -0.05) is 0 Å². The summed E-state index contributed by atoms with van der Waals surface area (Å²) in [4.78, 5) is 36.4. The Hall–Kier alpha value is -3.46. The van der Waals surface area contributed by atoms with Gasteiger partial charge in [0.15, 0.2) is 0 Å². The maximum Gasteiger partial charge on any atom is 0.410 e. The third-order valence-corrected chi connectivity index (χ3v) is 9.47. The summed E-state index contributed by atoms with van der Waals surface area (Å²) in [6.45, 7) is 17.6. The van der Waals surface area contributed by atoms with E-state index < -0.39 is 11.4 Å². The fourth-order valence-corrected chi connectivity index (χ4v) is 6.68. The Labute approximate surface area is 261 Å². The Kier molecular flexibility index (Phi) is 9.08. The Morgan fingerprint density at radius 3 is 2.43 bits per heavy atom. The third-order valence-electron chi connectivity index (χ3n) is 9.47. The molecule has 1 aromatic carbocycles. The highest BCUT2D eigenvalue weighted by molar-refractivity contribution is 5.99. The summed E-state index contributed by atoms with van der Waals surface area (Å²) in [6.07, 6.45) is 8.55. The quantitative estimate of drug-likeness (QED) is 0.309. The van der Waals surface area contributed by atoms with E-state index in [2.05, 4.69) is 29.9 Å². The zero-order valence-corrected chi connectivity index (χ0v) is 27.6. The van der Waals surface area contributed by atoms with Crippen LogP contribution in [0.2, 0.25) is 0 Å². The summed E-state index contributed by atoms with van der Waals surface area (Å²) < 4.78 is 22.0. The minimum atomic E-state index is -0.474. The molecule has 0 aliphatic carbocycles. The second-order valence-corrected chi connectivity index (χ2v) is 14.1. The molecule has 0 spiro atoms. The van der Waals surface area contributed by atoms with Crippen molar-refractivity contribution in [2.75, 3.05) is 33.2 Å². The van der Waals surface area contributed by atoms with Gasteiger partial charge >= 0.3 is 6.09 Å². The standard InChI is InChI=1S/C35H48FN5O3/c1-22(2)38(8)33(42)29-16-28(36)9-10-30(29)41-21-27(32-23(3)17-37-18-31(32)41)15-25-19-40(20-25)24(4)26-11-13-39(14-12-26)34(43)44-35(5,6)7/h9-10,16-18,21-22,24-26H,11-15,19-20H2,1-8H3/t24-/m0/s1. The van der Waals surface area contributed by atoms with Crippen molar-refractivity contribution in [3.63, 3.8) is 0 Å². The fraction of sp³-hybridized carbons (Fsp3) is 0.571. The summed E-state index contributed by atoms with van der Waals surface area (Å²) in [5.41, 5.74) is 3.77. The minimum Gasteiger partial charge on any atom is -0.444 e. The van der Waals surface area contributed by atoms with Crippen LogP contribution in [0.3, 0.4) is 0 Å². The lowest BCUT2D eigenvalue weighted by molar-refractivity contribution is -0.000986. The average molecular weight is 606 g/mol. The molecule has 0 unspecified atom stereocenters. The van der Waals surface area contributed by atoms with Gasteiger partial charge in [-0.2, -0.15) is 0 Å². The SMILES string of the molecule is Cc1cncc2c1c(CC1CN([C@@H](C)C3CCN(C(=O)OC(C)(C)C)CC3)C1)cn2-c1ccc(F)cc1C(=O)N(C)C(C)C. The summed E-state index contributed by atoms with van der Waals surface area (Å²) in [6, 6.07) is 4.91. The number of piperidine rings is 1. The van der Waals surface area contributed by atoms with Gasteiger partial charge in [0.1, 0.15) is 11.4 Å². The Bertz CT molecular complexity index is 1510. The van der Waals surface area contributed by atoms with Crippen LogP contribution in [0, 0.1) is 24.6 Å². The van der Waals surface area contributed by atoms with Crippen molar-refractivity contribution in [1.29, 1.82) is 0 Å². The topological polar surface area (TPSA) is 70.9 Å². The number of fused-ring (bicyclic) bond motifs is 1. The molecule has 238 valence electrons. The van der Waals surface area contributed by atoms with Crippen molar-refractivity contribution in [3.8, 4) is 5.69 Å². The molecule has 2 amide bonds. The molecule has 0 N–H and O–H groups in total. The molecule has 3 aromatic rings. The van der Waals surface area contributed by atoms with Crippen molar-refractivity contribution in [1.82, 2.24) is 24.3 Å². The number of carbonyl (C=O) groups is 2. The zero-order chi connectivity index (χ0) is 31.9. The molecule has 0 radical (unpaired) electrons. The first-order valence-corrected chi connectivity index (χ1v) is 16.0. The van der Waals surface area contributed by atoms with Crippen molar-refractivity contribution in [3.05, 3.63) is 59.3 Å². The molecule has 2 saturated heterocycles. The second-order valence-electron chi connectivity index (χ2n) is 14.1. The Balaban J connectivity index is 1.29. The predicted molar refractivity (Wildman–Crippen MR) is 172 cm³/mol. The van der Waals surface area contributed by atoms with Gasteiger partial charge in [-0.15, -0.1) is 0 Å². The number of hydrogen-bond donors (Lipinski definition) is 0. The molecule has 4 heterocycles. The van der Waals surface area contributed by atoms with Gasteiger partial charge in [-0.05, 0) is 109 Å². The van der Waals surface area contributed by atoms with Crippen LogP contribution < -0.4 is 0 Å². The maximum absolute atomic E-state index is 14.4. The van der Waals surface area contributed by atoms with Crippen molar-refractivity contribution >= 4 is 22.9 Å². The molecule has 0 bridgehead atoms. The van der Waals surface area contributed by atoms with Crippen LogP contribution in [-0.4, -0.2) is 87.2 Å². The number of pyridine rings is 1. The molecule has 0 saturated carbocycles. The van der Waals surface area contributed by atoms with Crippen LogP contribution >= 0.6 is 0 Å². The van der Waals surface area contributed by atoms with Gasteiger partial charge in [-0.3, -0.25) is 14.7 Å². The molecular formula is C35H48FN5O3. The highest BCUT2D eigenvalue weighted by Crippen LogP contribution is 2.35. The van der Waals surface area contributed by atoms with Crippen molar-refractivity contribution in [2.45, 2.75) is 85.4 Å². The first-order chi connectivity index (χ1) is 20.7. The van der Waals surface area contributed by atoms with Crippen LogP contribution in [-0.2, 0) is 11.2 Å². The molecule has 2 aliphatic rings. The second kappa shape index (κ2) is 12.5. The molecule has 5 rings (SSSR count). The Morgan fingerprint density at radius 2 is 1.80 bits per heavy atom. The predicted octanol–water partition coefficient (Wildman–Crippen LogP) is 6.46. The summed E-state index contributed by atoms with van der Waals surface area (Å²) in [5, 5.41) is 1.15. The number of halogens is 1. The molecule has 44 heavy (non-hydrogen) atoms. The lowest BCUT2D eigenvalue weighted by Gasteiger charge is -2.47. The van der Waals surface area contributed by atoms with Gasteiger partial charge < -0.3 is 19.1 Å². The monoisotopic (exact) mass is 605 g/mol. The van der Waals surface area contributed by atoms with E-state index in [0.29, 0.717) is 29.1 Å². The number of ether oxygens (including phenoxy) is 1. The Morgan fingerprint density at radius 1 is 1.11 bits per heavy atom. The van der Waals surface area contributed by atoms with Gasteiger partial charge in [-0.25, -0.2) is 9.18 Å². The molecule has 2 aromatic heterocycles. The number of nitrogens with zero attached hydrogens (tertiary/aromatic N) is 5. The van der Waals surface area contributed by atoms with Crippen LogP contribution in [0.1, 0.15) is 75.9 Å². The highest BCUT2D eigenvalue weighted by Gasteiger charge is 2.37. The van der Waals surface area contributed by atoms with Crippen LogP contribution in [0.5, 0.6) is 0 Å². The van der Waals surface area contributed by atoms with E-state index in [1.54, 1.807) is 18.0 Å². The van der Waals surface area contributed by atoms with E-state index in [0.717, 1.165) is 61.9 Å². The van der Waals surface area contributed by atoms with E-state index in [4.69, 9.17) is 4.74 Å². The zero-order valence-electron chi connectivity index (χ0n) is 27.6. The number of rotatable bonds is 7. The van der Waals surface area contributed by atoms with E-state index in [-0.39, 0.29) is 18.0 Å². The summed E-state index contributed by atoms with van der Waals surface area (Å²) in [7, 11) is 1.75. The number of carbonyl (C=O) groups excluding carboxylic acids is 2. The van der Waals surface area contributed by atoms with Crippen LogP contribution in [0.4, 0.5) is 9.18 Å². The highest BCUT2D eigenvalue weighted by atomic mass is 19.1. The third kappa shape index (κ3) is 6.63. The van der Waals surface area contributed by atoms with Gasteiger partial charge in [0, 0.05) is 63.1 Å². The molecule has 2 fully saturated rings. The molecule has 2 aliphatic heterocycles. The van der Waals surface area contributed by atoms with Gasteiger partial charge in [0.2, 0.25) is 0 Å². The van der Waals surface area contributed by atoms with E-state index in [9.17, 15) is 14.0 Å². The molecular weight excluding hydrogens is 557 g/mol. The average Bonchev–Trinajstić information content (AvgIpc) is 3.32. The van der Waals surface area contributed by atoms with Gasteiger partial charge in [0.05, 0.1) is 23.0 Å². The number of amides is 2. The van der Waals surface area contributed by atoms with Crippen LogP contribution in [0.25, 0.3) is 16.6 Å². The van der Waals surface area contributed by atoms with E-state index in [1.807, 2.05) is 56.5 Å². The van der Waals surface area contributed by atoms with Crippen molar-refractivity contribution < 1.29 is 18.7 Å². The molecule has 9 heteroatoms. The van der Waals surface area contributed by atoms with Gasteiger partial charge in [0.25, 0.3) is 5.91 Å². The smallest absolute Gasteiger partial charge is 0.410 e. The number of aromatic nitrogens is 2. The van der Waals surface area contributed by atoms with E-state index >= 15 is 0 Å². The fourth-order valence-electron chi connectivity index (χ4n) is 6.68. The van der Waals surface area contributed by atoms with Crippen molar-refractivity contribution in [2.24, 2.45) is 11.8 Å². The first kappa shape index (κ1) is 31.9. The van der Waals surface area contributed by atoms with E-state index in [1.165, 1.54) is 17.7 Å². The number of aryl methyl sites for hydroxylation is 1. The first-order valence-electron chi connectivity index (χ1n) is 16.0. The lowest BCUT2D eigenvalue weighted by Crippen LogP contribution is -2.55. The summed E-state index contributed by atoms with van der Waals surface area (Å²) >= 11 is 0. The largest absolute Gasteiger partial charge is 0.444 e. The minimum absolute atomic E-state index is 0.0130. The number of likely N-dealkylation sites (tertiary alicyclic amines) is 2. The molecule has 1 atom stereocenters. The molecule has 8 nitrogen and oxygen atoms in total. The number of benzene rings is 1. The van der Waals surface area contributed by atoms with Crippen LogP contribution in [0.15, 0.2) is 36.8 Å². The number of hydrogen-bond acceptors (Lipinski definition) is 5. The normalized spacial score (nSPS) is 17.6. The summed E-state index contributed by atoms with van der Waals surface area (Å²) in [5.74, 6) is 0.439.